The second kappa shape index (κ2) is 7.45. The van der Waals surface area contributed by atoms with E-state index in [2.05, 4.69) is 46.6 Å². The largest absolute Gasteiger partial charge is 0.340 e. The first-order chi connectivity index (χ1) is 10.0. The normalized spacial score (nSPS) is 16.4. The quantitative estimate of drug-likeness (QED) is 0.879. The second-order valence-electron chi connectivity index (χ2n) is 6.08. The molecule has 2 rings (SSSR count). The van der Waals surface area contributed by atoms with E-state index in [1.54, 1.807) is 0 Å². The van der Waals surface area contributed by atoms with E-state index in [1.807, 2.05) is 17.2 Å². The fraction of sp³-hybridized carbons (Fsp3) is 0.688. The Labute approximate surface area is 136 Å². The first-order valence-corrected chi connectivity index (χ1v) is 8.69. The molecule has 21 heavy (non-hydrogen) atoms. The minimum Gasteiger partial charge on any atom is -0.340 e. The van der Waals surface area contributed by atoms with E-state index in [0.717, 1.165) is 36.3 Å². The molecule has 1 aliphatic rings. The molecule has 2 heterocycles. The van der Waals surface area contributed by atoms with Crippen LogP contribution in [-0.2, 0) is 0 Å². The third-order valence-electron chi connectivity index (χ3n) is 4.20. The molecule has 1 aliphatic heterocycles. The van der Waals surface area contributed by atoms with Crippen molar-refractivity contribution in [1.82, 2.24) is 14.8 Å². The molecule has 1 amide bonds. The van der Waals surface area contributed by atoms with Gasteiger partial charge in [0.25, 0.3) is 5.91 Å². The maximum atomic E-state index is 12.9. The van der Waals surface area contributed by atoms with Crippen LogP contribution in [0.3, 0.4) is 0 Å². The van der Waals surface area contributed by atoms with Crippen LogP contribution in [0.4, 0.5) is 0 Å². The molecule has 4 nitrogen and oxygen atoms in total. The number of aromatic nitrogens is 1. The Balaban J connectivity index is 2.12. The molecule has 0 unspecified atom stereocenters. The van der Waals surface area contributed by atoms with Gasteiger partial charge in [-0.25, -0.2) is 0 Å². The van der Waals surface area contributed by atoms with Crippen molar-refractivity contribution >= 4 is 21.8 Å². The van der Waals surface area contributed by atoms with Gasteiger partial charge in [-0.3, -0.25) is 4.79 Å². The van der Waals surface area contributed by atoms with Gasteiger partial charge in [0.1, 0.15) is 5.69 Å². The summed E-state index contributed by atoms with van der Waals surface area (Å²) in [6, 6.07) is 2.22. The van der Waals surface area contributed by atoms with Crippen LogP contribution in [0.2, 0.25) is 0 Å². The number of piperidine rings is 1. The lowest BCUT2D eigenvalue weighted by Crippen LogP contribution is -2.40. The molecule has 1 aromatic rings. The Morgan fingerprint density at radius 2 is 2.14 bits per heavy atom. The van der Waals surface area contributed by atoms with Crippen LogP contribution in [0.25, 0.3) is 0 Å². The van der Waals surface area contributed by atoms with Crippen LogP contribution in [0.1, 0.15) is 50.1 Å². The molecule has 0 atom stereocenters. The molecule has 5 heteroatoms. The Kier molecular flexibility index (Phi) is 5.88. The van der Waals surface area contributed by atoms with Gasteiger partial charge in [-0.2, -0.15) is 0 Å². The maximum absolute atomic E-state index is 12.9. The smallest absolute Gasteiger partial charge is 0.270 e. The monoisotopic (exact) mass is 355 g/mol. The summed E-state index contributed by atoms with van der Waals surface area (Å²) in [5, 5.41) is 3.38. The number of halogens is 1. The van der Waals surface area contributed by atoms with Crippen LogP contribution < -0.4 is 5.32 Å². The van der Waals surface area contributed by atoms with Crippen LogP contribution in [-0.4, -0.2) is 41.6 Å². The third kappa shape index (κ3) is 4.10. The summed E-state index contributed by atoms with van der Waals surface area (Å²) < 4.78 is 3.02. The number of carbonyl (C=O) groups is 1. The first kappa shape index (κ1) is 16.6. The van der Waals surface area contributed by atoms with Crippen molar-refractivity contribution in [3.8, 4) is 0 Å². The van der Waals surface area contributed by atoms with E-state index >= 15 is 0 Å². The van der Waals surface area contributed by atoms with Gasteiger partial charge in [-0.15, -0.1) is 0 Å². The van der Waals surface area contributed by atoms with Gasteiger partial charge in [0.15, 0.2) is 0 Å². The van der Waals surface area contributed by atoms with Gasteiger partial charge in [-0.05, 0) is 74.6 Å². The molecular formula is C16H26BrN3O. The number of carbonyl (C=O) groups excluding carboxylic acids is 1. The SMILES string of the molecule is CCN(CC1CCNCC1)C(=O)c1cc(Br)cn1C(C)C. The van der Waals surface area contributed by atoms with E-state index in [-0.39, 0.29) is 11.9 Å². The van der Waals surface area contributed by atoms with Gasteiger partial charge in [0.05, 0.1) is 0 Å². The zero-order chi connectivity index (χ0) is 15.4. The van der Waals surface area contributed by atoms with Gasteiger partial charge in [0.2, 0.25) is 0 Å². The lowest BCUT2D eigenvalue weighted by Gasteiger charge is -2.30. The van der Waals surface area contributed by atoms with Gasteiger partial charge in [-0.1, -0.05) is 0 Å². The summed E-state index contributed by atoms with van der Waals surface area (Å²) in [7, 11) is 0. The fourth-order valence-corrected chi connectivity index (χ4v) is 3.38. The van der Waals surface area contributed by atoms with E-state index < -0.39 is 0 Å². The van der Waals surface area contributed by atoms with Crippen molar-refractivity contribution in [1.29, 1.82) is 0 Å². The zero-order valence-corrected chi connectivity index (χ0v) is 14.8. The third-order valence-corrected chi connectivity index (χ3v) is 4.63. The first-order valence-electron chi connectivity index (χ1n) is 7.90. The maximum Gasteiger partial charge on any atom is 0.270 e. The Bertz CT molecular complexity index is 478. The highest BCUT2D eigenvalue weighted by Crippen LogP contribution is 2.22. The van der Waals surface area contributed by atoms with Crippen molar-refractivity contribution < 1.29 is 4.79 Å². The highest BCUT2D eigenvalue weighted by molar-refractivity contribution is 9.10. The highest BCUT2D eigenvalue weighted by atomic mass is 79.9. The summed E-state index contributed by atoms with van der Waals surface area (Å²) in [5.74, 6) is 0.775. The minimum absolute atomic E-state index is 0.149. The molecule has 1 saturated heterocycles. The molecule has 0 radical (unpaired) electrons. The average Bonchev–Trinajstić information content (AvgIpc) is 2.87. The van der Waals surface area contributed by atoms with Crippen molar-refractivity contribution in [2.45, 2.75) is 39.7 Å². The van der Waals surface area contributed by atoms with Crippen LogP contribution in [0.15, 0.2) is 16.7 Å². The topological polar surface area (TPSA) is 37.3 Å². The Hall–Kier alpha value is -0.810. The number of hydrogen-bond acceptors (Lipinski definition) is 2. The van der Waals surface area contributed by atoms with Gasteiger partial charge >= 0.3 is 0 Å². The second-order valence-corrected chi connectivity index (χ2v) is 7.00. The zero-order valence-electron chi connectivity index (χ0n) is 13.2. The summed E-state index contributed by atoms with van der Waals surface area (Å²) in [6.07, 6.45) is 4.33. The standard InChI is InChI=1S/C16H26BrN3O/c1-4-19(10-13-5-7-18-8-6-13)16(21)15-9-14(17)11-20(15)12(2)3/h9,11-13,18H,4-8,10H2,1-3H3. The van der Waals surface area contributed by atoms with E-state index in [1.165, 1.54) is 12.8 Å². The number of amides is 1. The number of rotatable bonds is 5. The molecule has 0 aliphatic carbocycles. The summed E-state index contributed by atoms with van der Waals surface area (Å²) in [4.78, 5) is 14.9. The molecule has 1 N–H and O–H groups in total. The van der Waals surface area contributed by atoms with Crippen LogP contribution >= 0.6 is 15.9 Å². The number of nitrogens with zero attached hydrogens (tertiary/aromatic N) is 2. The summed E-state index contributed by atoms with van der Waals surface area (Å²) in [6.45, 7) is 10.1. The van der Waals surface area contributed by atoms with Crippen LogP contribution in [0, 0.1) is 5.92 Å². The molecule has 1 fully saturated rings. The van der Waals surface area contributed by atoms with Crippen molar-refractivity contribution in [2.75, 3.05) is 26.2 Å². The predicted molar refractivity (Wildman–Crippen MR) is 89.7 cm³/mol. The van der Waals surface area contributed by atoms with Crippen molar-refractivity contribution in [3.05, 3.63) is 22.4 Å². The number of hydrogen-bond donors (Lipinski definition) is 1. The summed E-state index contributed by atoms with van der Waals surface area (Å²) in [5.41, 5.74) is 0.785. The number of nitrogens with one attached hydrogen (secondary N) is 1. The van der Waals surface area contributed by atoms with E-state index in [9.17, 15) is 4.79 Å². The fourth-order valence-electron chi connectivity index (χ4n) is 2.94. The lowest BCUT2D eigenvalue weighted by atomic mass is 9.97. The molecular weight excluding hydrogens is 330 g/mol. The predicted octanol–water partition coefficient (Wildman–Crippen LogP) is 3.29. The van der Waals surface area contributed by atoms with Crippen LogP contribution in [0.5, 0.6) is 0 Å². The summed E-state index contributed by atoms with van der Waals surface area (Å²) >= 11 is 3.49. The van der Waals surface area contributed by atoms with Crippen molar-refractivity contribution in [2.24, 2.45) is 5.92 Å². The minimum atomic E-state index is 0.149. The lowest BCUT2D eigenvalue weighted by molar-refractivity contribution is 0.0714. The highest BCUT2D eigenvalue weighted by Gasteiger charge is 2.23. The van der Waals surface area contributed by atoms with Crippen molar-refractivity contribution in [3.63, 3.8) is 0 Å². The molecule has 118 valence electrons. The van der Waals surface area contributed by atoms with E-state index in [4.69, 9.17) is 0 Å². The molecule has 0 spiro atoms. The Morgan fingerprint density at radius 1 is 1.48 bits per heavy atom. The van der Waals surface area contributed by atoms with Gasteiger partial charge < -0.3 is 14.8 Å². The van der Waals surface area contributed by atoms with Gasteiger partial charge in [0, 0.05) is 29.8 Å². The van der Waals surface area contributed by atoms with E-state index in [0.29, 0.717) is 5.92 Å². The average molecular weight is 356 g/mol. The molecule has 0 saturated carbocycles. The molecule has 1 aromatic heterocycles. The Morgan fingerprint density at radius 3 is 2.71 bits per heavy atom. The molecule has 0 bridgehead atoms. The molecule has 0 aromatic carbocycles.